The molecule has 1 aliphatic rings. The highest BCUT2D eigenvalue weighted by atomic mass is 32.2. The molecule has 6 heteroatoms. The van der Waals surface area contributed by atoms with E-state index in [1.807, 2.05) is 18.0 Å². The van der Waals surface area contributed by atoms with Gasteiger partial charge in [0.25, 0.3) is 0 Å². The Hall–Kier alpha value is -1.92. The molecule has 24 heavy (non-hydrogen) atoms. The predicted octanol–water partition coefficient (Wildman–Crippen LogP) is 4.56. The molecule has 1 aromatic carbocycles. The number of thioether (sulfide) groups is 1. The van der Waals surface area contributed by atoms with E-state index in [0.29, 0.717) is 5.69 Å². The molecule has 0 amide bonds. The van der Waals surface area contributed by atoms with Crippen LogP contribution in [-0.2, 0) is 0 Å². The fourth-order valence-corrected chi connectivity index (χ4v) is 4.49. The minimum absolute atomic E-state index is 0.331. The Morgan fingerprint density at radius 1 is 0.917 bits per heavy atom. The summed E-state index contributed by atoms with van der Waals surface area (Å²) in [6.45, 7) is 2.23. The maximum atomic E-state index is 13.0. The molecule has 1 fully saturated rings. The molecule has 3 aromatic rings. The number of halogens is 1. The Bertz CT molecular complexity index is 809. The van der Waals surface area contributed by atoms with E-state index in [4.69, 9.17) is 0 Å². The highest BCUT2D eigenvalue weighted by molar-refractivity contribution is 7.99. The first-order valence-electron chi connectivity index (χ1n) is 7.80. The van der Waals surface area contributed by atoms with Crippen LogP contribution in [0.15, 0.2) is 48.8 Å². The van der Waals surface area contributed by atoms with Gasteiger partial charge in [0.1, 0.15) is 10.8 Å². The number of benzene rings is 1. The van der Waals surface area contributed by atoms with Gasteiger partial charge in [-0.3, -0.25) is 4.98 Å². The van der Waals surface area contributed by atoms with Crippen LogP contribution in [0.2, 0.25) is 0 Å². The van der Waals surface area contributed by atoms with Gasteiger partial charge in [0.2, 0.25) is 0 Å². The Morgan fingerprint density at radius 3 is 2.42 bits per heavy atom. The highest BCUT2D eigenvalue weighted by Gasteiger charge is 2.12. The van der Waals surface area contributed by atoms with Crippen molar-refractivity contribution in [2.45, 2.75) is 0 Å². The fourth-order valence-electron chi connectivity index (χ4n) is 2.69. The molecule has 0 unspecified atom stereocenters. The van der Waals surface area contributed by atoms with Crippen LogP contribution in [0.4, 0.5) is 10.1 Å². The van der Waals surface area contributed by atoms with Crippen molar-refractivity contribution in [3.05, 3.63) is 54.6 Å². The Kier molecular flexibility index (Phi) is 4.49. The lowest BCUT2D eigenvalue weighted by molar-refractivity contribution is 0.622. The van der Waals surface area contributed by atoms with Gasteiger partial charge >= 0.3 is 0 Å². The van der Waals surface area contributed by atoms with Crippen LogP contribution in [0.1, 0.15) is 0 Å². The Balaban J connectivity index is 1.54. The van der Waals surface area contributed by atoms with Crippen LogP contribution in [0.3, 0.4) is 0 Å². The number of hydrogen-bond donors (Lipinski definition) is 0. The molecule has 0 spiro atoms. The summed E-state index contributed by atoms with van der Waals surface area (Å²) >= 11 is 3.59. The molecule has 0 aliphatic carbocycles. The number of rotatable bonds is 3. The van der Waals surface area contributed by atoms with Crippen molar-refractivity contribution in [1.29, 1.82) is 0 Å². The van der Waals surface area contributed by atoms with E-state index in [2.05, 4.69) is 39.1 Å². The zero-order chi connectivity index (χ0) is 16.4. The molecular formula is C18H16FN3S2. The standard InChI is InChI=1S/C18H16FN3S2/c19-14-3-6-16(20-11-14)18-21-12-17(24-18)13-1-4-15(5-2-13)22-7-9-23-10-8-22/h1-6,11-12H,7-10H2. The van der Waals surface area contributed by atoms with Crippen molar-refractivity contribution in [3.63, 3.8) is 0 Å². The van der Waals surface area contributed by atoms with Crippen LogP contribution in [0, 0.1) is 5.82 Å². The molecule has 0 bridgehead atoms. The topological polar surface area (TPSA) is 29.0 Å². The van der Waals surface area contributed by atoms with Crippen molar-refractivity contribution in [2.75, 3.05) is 29.5 Å². The summed E-state index contributed by atoms with van der Waals surface area (Å²) in [5.74, 6) is 2.07. The number of hydrogen-bond acceptors (Lipinski definition) is 5. The molecule has 122 valence electrons. The van der Waals surface area contributed by atoms with Crippen molar-refractivity contribution in [3.8, 4) is 21.1 Å². The second-order valence-corrected chi connectivity index (χ2v) is 7.79. The van der Waals surface area contributed by atoms with Crippen molar-refractivity contribution < 1.29 is 4.39 Å². The largest absolute Gasteiger partial charge is 0.370 e. The summed E-state index contributed by atoms with van der Waals surface area (Å²) in [7, 11) is 0. The average molecular weight is 357 g/mol. The molecular weight excluding hydrogens is 341 g/mol. The van der Waals surface area contributed by atoms with E-state index in [1.165, 1.54) is 29.5 Å². The number of nitrogens with zero attached hydrogens (tertiary/aromatic N) is 3. The summed E-state index contributed by atoms with van der Waals surface area (Å²) in [5, 5.41) is 0.808. The first-order valence-corrected chi connectivity index (χ1v) is 9.77. The highest BCUT2D eigenvalue weighted by Crippen LogP contribution is 2.32. The van der Waals surface area contributed by atoms with Crippen LogP contribution in [-0.4, -0.2) is 34.6 Å². The lowest BCUT2D eigenvalue weighted by Gasteiger charge is -2.28. The SMILES string of the molecule is Fc1ccc(-c2ncc(-c3ccc(N4CCSCC4)cc3)s2)nc1. The molecule has 0 N–H and O–H groups in total. The zero-order valence-corrected chi connectivity index (χ0v) is 14.6. The molecule has 0 radical (unpaired) electrons. The maximum Gasteiger partial charge on any atom is 0.142 e. The number of thiazole rings is 1. The predicted molar refractivity (Wildman–Crippen MR) is 100 cm³/mol. The second kappa shape index (κ2) is 6.91. The quantitative estimate of drug-likeness (QED) is 0.687. The van der Waals surface area contributed by atoms with E-state index >= 15 is 0 Å². The minimum atomic E-state index is -0.331. The molecule has 3 nitrogen and oxygen atoms in total. The van der Waals surface area contributed by atoms with Crippen LogP contribution < -0.4 is 4.90 Å². The van der Waals surface area contributed by atoms with Gasteiger partial charge in [-0.15, -0.1) is 11.3 Å². The van der Waals surface area contributed by atoms with Crippen LogP contribution in [0.5, 0.6) is 0 Å². The summed E-state index contributed by atoms with van der Waals surface area (Å²) in [5.41, 5.74) is 3.13. The smallest absolute Gasteiger partial charge is 0.142 e. The van der Waals surface area contributed by atoms with Gasteiger partial charge < -0.3 is 4.90 Å². The van der Waals surface area contributed by atoms with E-state index < -0.39 is 0 Å². The minimum Gasteiger partial charge on any atom is -0.370 e. The molecule has 0 saturated carbocycles. The number of pyridine rings is 1. The van der Waals surface area contributed by atoms with Gasteiger partial charge in [-0.05, 0) is 29.8 Å². The Morgan fingerprint density at radius 2 is 1.71 bits per heavy atom. The summed E-state index contributed by atoms with van der Waals surface area (Å²) in [6, 6.07) is 11.7. The number of anilines is 1. The first-order chi connectivity index (χ1) is 11.8. The summed E-state index contributed by atoms with van der Waals surface area (Å²) in [4.78, 5) is 12.0. The molecule has 3 heterocycles. The summed E-state index contributed by atoms with van der Waals surface area (Å²) < 4.78 is 13.0. The van der Waals surface area contributed by atoms with Crippen LogP contribution in [0.25, 0.3) is 21.1 Å². The van der Waals surface area contributed by atoms with Crippen molar-refractivity contribution >= 4 is 28.8 Å². The molecule has 1 saturated heterocycles. The van der Waals surface area contributed by atoms with Gasteiger partial charge in [0.15, 0.2) is 0 Å². The fraction of sp³-hybridized carbons (Fsp3) is 0.222. The van der Waals surface area contributed by atoms with Crippen molar-refractivity contribution in [1.82, 2.24) is 9.97 Å². The van der Waals surface area contributed by atoms with Gasteiger partial charge in [-0.1, -0.05) is 12.1 Å². The summed E-state index contributed by atoms with van der Waals surface area (Å²) in [6.07, 6.45) is 3.08. The second-order valence-electron chi connectivity index (χ2n) is 5.54. The van der Waals surface area contributed by atoms with Gasteiger partial charge in [-0.25, -0.2) is 9.37 Å². The zero-order valence-electron chi connectivity index (χ0n) is 13.0. The Labute approximate surface area is 148 Å². The third-order valence-electron chi connectivity index (χ3n) is 3.98. The lowest BCUT2D eigenvalue weighted by Crippen LogP contribution is -2.32. The molecule has 0 atom stereocenters. The monoisotopic (exact) mass is 357 g/mol. The lowest BCUT2D eigenvalue weighted by atomic mass is 10.2. The van der Waals surface area contributed by atoms with Gasteiger partial charge in [0, 0.05) is 36.5 Å². The van der Waals surface area contributed by atoms with Gasteiger partial charge in [-0.2, -0.15) is 11.8 Å². The third-order valence-corrected chi connectivity index (χ3v) is 5.99. The van der Waals surface area contributed by atoms with E-state index in [0.717, 1.165) is 28.5 Å². The van der Waals surface area contributed by atoms with E-state index in [9.17, 15) is 4.39 Å². The van der Waals surface area contributed by atoms with Crippen LogP contribution >= 0.6 is 23.1 Å². The molecule has 4 rings (SSSR count). The maximum absolute atomic E-state index is 13.0. The van der Waals surface area contributed by atoms with Crippen molar-refractivity contribution in [2.24, 2.45) is 0 Å². The average Bonchev–Trinajstić information content (AvgIpc) is 3.13. The number of aromatic nitrogens is 2. The van der Waals surface area contributed by atoms with Gasteiger partial charge in [0.05, 0.1) is 16.8 Å². The molecule has 1 aliphatic heterocycles. The normalized spacial score (nSPS) is 14.8. The molecule has 2 aromatic heterocycles. The third kappa shape index (κ3) is 3.30. The first kappa shape index (κ1) is 15.6. The van der Waals surface area contributed by atoms with E-state index in [1.54, 1.807) is 17.4 Å². The van der Waals surface area contributed by atoms with E-state index in [-0.39, 0.29) is 5.82 Å².